The van der Waals surface area contributed by atoms with E-state index in [1.807, 2.05) is 0 Å². The van der Waals surface area contributed by atoms with Crippen LogP contribution in [0.15, 0.2) is 296 Å². The van der Waals surface area contributed by atoms with Gasteiger partial charge < -0.3 is 14.6 Å². The molecule has 1 aliphatic heterocycles. The Kier molecular flexibility index (Phi) is 36.7. The maximum absolute atomic E-state index is 14.0. The molecule has 6 N–H and O–H groups in total. The fourth-order valence-corrected chi connectivity index (χ4v) is 20.6. The van der Waals surface area contributed by atoms with E-state index in [4.69, 9.17) is 155 Å². The Balaban J connectivity index is 0.000000169. The number of likely N-dealkylation sites (N-methyl/N-ethyl adjacent to an activating group) is 1. The van der Waals surface area contributed by atoms with Gasteiger partial charge in [0, 0.05) is 67.2 Å². The molecule has 141 heavy (non-hydrogen) atoms. The Bertz CT molecular complexity index is 7770. The highest BCUT2D eigenvalue weighted by Gasteiger charge is 2.39. The van der Waals surface area contributed by atoms with Crippen molar-refractivity contribution in [3.8, 4) is 22.7 Å². The minimum atomic E-state index is -4.87. The fourth-order valence-electron chi connectivity index (χ4n) is 12.7. The zero-order valence-electron chi connectivity index (χ0n) is 70.5. The largest absolute Gasteiger partial charge is 0.444 e. The highest BCUT2D eigenvalue weighted by molar-refractivity contribution is 7.94. The van der Waals surface area contributed by atoms with E-state index in [9.17, 15) is 96.4 Å². The molecule has 736 valence electrons. The second kappa shape index (κ2) is 46.7. The Morgan fingerprint density at radius 3 is 1.22 bits per heavy atom. The molecule has 0 bridgehead atoms. The van der Waals surface area contributed by atoms with Gasteiger partial charge in [-0.05, 0) is 243 Å². The highest BCUT2D eigenvalue weighted by Crippen LogP contribution is 2.42. The number of alkyl halides is 6. The summed E-state index contributed by atoms with van der Waals surface area (Å²) >= 11 is 76.1. The van der Waals surface area contributed by atoms with Crippen molar-refractivity contribution >= 4 is 253 Å². The van der Waals surface area contributed by atoms with Crippen molar-refractivity contribution in [3.05, 3.63) is 383 Å². The third-order valence-corrected chi connectivity index (χ3v) is 30.3. The van der Waals surface area contributed by atoms with Crippen molar-refractivity contribution in [3.63, 3.8) is 0 Å². The summed E-state index contributed by atoms with van der Waals surface area (Å²) < 4.78 is 250. The molecule has 1 unspecified atom stereocenters. The molecule has 24 nitrogen and oxygen atoms in total. The van der Waals surface area contributed by atoms with Crippen LogP contribution in [0.3, 0.4) is 0 Å². The van der Waals surface area contributed by atoms with Crippen LogP contribution in [0.2, 0.25) is 65.3 Å². The van der Waals surface area contributed by atoms with Crippen molar-refractivity contribution in [1.82, 2.24) is 20.2 Å². The number of benzene rings is 12. The number of hydrogen-bond donors (Lipinski definition) is 6. The van der Waals surface area contributed by atoms with Crippen LogP contribution in [0.25, 0.3) is 22.7 Å². The van der Waals surface area contributed by atoms with E-state index in [-0.39, 0.29) is 134 Å². The molecule has 0 spiro atoms. The molecule has 0 aliphatic carbocycles. The zero-order valence-corrected chi connectivity index (χ0v) is 84.5. The number of halogens is 21. The number of carbonyl (C=O) groups excluding carboxylic acids is 4. The normalized spacial score (nSPS) is 12.7. The van der Waals surface area contributed by atoms with Gasteiger partial charge >= 0.3 is 12.4 Å². The molecule has 3 heterocycles. The summed E-state index contributed by atoms with van der Waals surface area (Å²) in [6, 6.07) is 51.7. The van der Waals surface area contributed by atoms with Crippen LogP contribution in [0, 0.1) is 11.6 Å². The lowest BCUT2D eigenvalue weighted by molar-refractivity contribution is -0.138. The van der Waals surface area contributed by atoms with E-state index in [0.717, 1.165) is 48.5 Å². The average molecular weight is 2290 g/mol. The van der Waals surface area contributed by atoms with E-state index >= 15 is 0 Å². The third-order valence-electron chi connectivity index (χ3n) is 19.5. The molecule has 14 aromatic rings. The Morgan fingerprint density at radius 1 is 0.369 bits per heavy atom. The standard InChI is InChI=1S/C20H18Cl2F3N3O4S.2C19H11Cl3FNO3S.C18H11Cl2F3N2O2S.C15H9Cl3N2O3S/c1-26-18(29)17-3-2-8-28(17)19(30)13-6-4-11(21)9-16(13)27-33(31,32)12-5-7-15(22)14(10-12)20(23,24)25;20-12-3-8-18(15(9-12)19(25)11-1-4-13(23)5-2-11)24-28(26,27)14-6-7-16(21)17(22)10-14;20-11-5-8-18(14(9-11)19(25)13-3-1-2-4-17(13)23)24-28(26,27)12-6-7-15(21)16(22)10-12;19-11-4-7-17(13(9-11)16-3-1-2-8-24-16)25-28(26,27)12-5-6-15(20)14(10-12)18(21,22)23;16-9-1-3-11(15-19-5-6-23-15)14(7-9)20-24(21,22)10-2-4-12(17)13(18)8-10/h4-7,9-10,17,27H,2-3,8H2,1H3,(H,26,29);2*1-10,24H;1-10,25H;1-8,20H. The van der Waals surface area contributed by atoms with Crippen molar-refractivity contribution in [2.45, 2.75) is 55.7 Å². The Labute approximate surface area is 864 Å². The lowest BCUT2D eigenvalue weighted by Crippen LogP contribution is -2.45. The lowest BCUT2D eigenvalue weighted by Gasteiger charge is -2.24. The van der Waals surface area contributed by atoms with Gasteiger partial charge in [-0.2, -0.15) is 26.3 Å². The number of carbonyl (C=O) groups is 4. The fraction of sp³-hybridized carbons (Fsp3) is 0.0769. The highest BCUT2D eigenvalue weighted by atomic mass is 35.5. The van der Waals surface area contributed by atoms with E-state index in [1.54, 1.807) is 30.3 Å². The maximum atomic E-state index is 14.0. The topological polar surface area (TPSA) is 353 Å². The minimum absolute atomic E-state index is 0.0164. The first-order chi connectivity index (χ1) is 66.1. The number of nitrogens with zero attached hydrogens (tertiary/aromatic N) is 3. The van der Waals surface area contributed by atoms with Crippen molar-refractivity contribution in [2.75, 3.05) is 37.2 Å². The molecule has 15 rings (SSSR count). The SMILES string of the molecule is CNC(=O)C1CCCN1C(=O)c1ccc(Cl)cc1NS(=O)(=O)c1ccc(Cl)c(C(F)(F)F)c1.O=C(c1ccc(F)cc1)c1cc(Cl)ccc1NS(=O)(=O)c1ccc(Cl)c(Cl)c1.O=C(c1ccccc1F)c1cc(Cl)ccc1NS(=O)(=O)c1ccc(Cl)c(Cl)c1.O=S(=O)(Nc1cc(Cl)ccc1-c1ncco1)c1ccc(Cl)c(Cl)c1.O=S(=O)(Nc1ccc(Cl)cc1-c1ccccn1)c1ccc(Cl)c(C(F)(F)F)c1. The van der Waals surface area contributed by atoms with Gasteiger partial charge in [-0.1, -0.05) is 169 Å². The number of aromatic nitrogens is 2. The number of sulfonamides is 5. The molecule has 2 amide bonds. The van der Waals surface area contributed by atoms with Crippen LogP contribution in [-0.4, -0.2) is 100.0 Å². The van der Waals surface area contributed by atoms with Gasteiger partial charge in [0.25, 0.3) is 56.0 Å². The van der Waals surface area contributed by atoms with Gasteiger partial charge in [0.2, 0.25) is 11.8 Å². The second-order valence-corrected chi connectivity index (χ2v) is 42.8. The van der Waals surface area contributed by atoms with Crippen LogP contribution in [0.1, 0.15) is 66.2 Å². The van der Waals surface area contributed by atoms with Gasteiger partial charge in [-0.3, -0.25) is 47.8 Å². The zero-order chi connectivity index (χ0) is 103. The van der Waals surface area contributed by atoms with E-state index in [0.29, 0.717) is 51.8 Å². The van der Waals surface area contributed by atoms with Gasteiger partial charge in [0.05, 0.1) is 133 Å². The average Bonchev–Trinajstić information content (AvgIpc) is 1.50. The Morgan fingerprint density at radius 2 is 0.773 bits per heavy atom. The van der Waals surface area contributed by atoms with E-state index in [2.05, 4.69) is 38.9 Å². The van der Waals surface area contributed by atoms with Crippen LogP contribution in [-0.2, 0) is 67.3 Å². The van der Waals surface area contributed by atoms with Crippen LogP contribution in [0.5, 0.6) is 0 Å². The summed E-state index contributed by atoms with van der Waals surface area (Å²) in [4.78, 5) is 58.8. The molecule has 0 radical (unpaired) electrons. The predicted molar refractivity (Wildman–Crippen MR) is 530 cm³/mol. The first-order valence-corrected chi connectivity index (χ1v) is 51.6. The summed E-state index contributed by atoms with van der Waals surface area (Å²) in [5.41, 5.74) is -1.43. The summed E-state index contributed by atoms with van der Waals surface area (Å²) in [5, 5.41) is 3.38. The maximum Gasteiger partial charge on any atom is 0.417 e. The number of likely N-dealkylation sites (tertiary alicyclic amines) is 1. The Hall–Kier alpha value is -10.8. The van der Waals surface area contributed by atoms with E-state index in [1.165, 1.54) is 188 Å². The molecule has 1 fully saturated rings. The smallest absolute Gasteiger partial charge is 0.417 e. The summed E-state index contributed by atoms with van der Waals surface area (Å²) in [7, 11) is -19.5. The quantitative estimate of drug-likeness (QED) is 0.0256. The number of pyridine rings is 1. The van der Waals surface area contributed by atoms with Gasteiger partial charge in [-0.25, -0.2) is 55.9 Å². The minimum Gasteiger partial charge on any atom is -0.444 e. The van der Waals surface area contributed by atoms with Crippen LogP contribution < -0.4 is 28.9 Å². The molecule has 50 heteroatoms. The summed E-state index contributed by atoms with van der Waals surface area (Å²) in [6.45, 7) is 0.276. The molecule has 12 aromatic carbocycles. The van der Waals surface area contributed by atoms with Crippen molar-refractivity contribution in [2.24, 2.45) is 0 Å². The van der Waals surface area contributed by atoms with Gasteiger partial charge in [0.15, 0.2) is 11.6 Å². The van der Waals surface area contributed by atoms with Crippen LogP contribution in [0.4, 0.5) is 63.6 Å². The predicted octanol–water partition coefficient (Wildman–Crippen LogP) is 26.8. The second-order valence-electron chi connectivity index (χ2n) is 29.0. The molecule has 1 saturated heterocycles. The van der Waals surface area contributed by atoms with Gasteiger partial charge in [0.1, 0.15) is 23.9 Å². The molecular formula is C91H60Cl13F8N9O15S5. The van der Waals surface area contributed by atoms with Crippen molar-refractivity contribution in [1.29, 1.82) is 0 Å². The monoisotopic (exact) mass is 2280 g/mol. The summed E-state index contributed by atoms with van der Waals surface area (Å²) in [5.74, 6) is -3.19. The third kappa shape index (κ3) is 28.7. The molecule has 1 aliphatic rings. The van der Waals surface area contributed by atoms with Crippen molar-refractivity contribution < 1.29 is 101 Å². The molecular weight excluding hydrogens is 2230 g/mol. The number of ketones is 2. The van der Waals surface area contributed by atoms with Gasteiger partial charge in [-0.15, -0.1) is 0 Å². The van der Waals surface area contributed by atoms with E-state index < -0.39 is 129 Å². The first-order valence-electron chi connectivity index (χ1n) is 39.3. The van der Waals surface area contributed by atoms with Crippen LogP contribution >= 0.6 is 151 Å². The number of nitrogens with one attached hydrogen (secondary N) is 6. The number of anilines is 5. The first kappa shape index (κ1) is 111. The molecule has 1 atom stereocenters. The number of hydrogen-bond acceptors (Lipinski definition) is 17. The number of amides is 2. The lowest BCUT2D eigenvalue weighted by atomic mass is 10.0. The molecule has 2 aromatic heterocycles. The summed E-state index contributed by atoms with van der Waals surface area (Å²) in [6.07, 6.45) is -4.29. The number of rotatable bonds is 23. The number of oxazole rings is 1. The molecule has 0 saturated carbocycles.